The van der Waals surface area contributed by atoms with Crippen molar-refractivity contribution in [2.75, 3.05) is 38.3 Å². The molecule has 1 fully saturated rings. The van der Waals surface area contributed by atoms with Crippen LogP contribution in [0.3, 0.4) is 0 Å². The fraction of sp³-hybridized carbons (Fsp3) is 0.276. The Balaban J connectivity index is 1.42. The molecule has 4 aromatic rings. The smallest absolute Gasteiger partial charge is 0.119 e. The number of aromatic nitrogens is 2. The second-order valence-electron chi connectivity index (χ2n) is 8.91. The highest BCUT2D eigenvalue weighted by Gasteiger charge is 2.14. The molecule has 0 amide bonds. The van der Waals surface area contributed by atoms with Crippen molar-refractivity contribution >= 4 is 5.69 Å². The second kappa shape index (κ2) is 11.2. The predicted molar refractivity (Wildman–Crippen MR) is 139 cm³/mol. The molecular formula is C29H32N4O2. The lowest BCUT2D eigenvalue weighted by molar-refractivity contribution is 0.0342. The van der Waals surface area contributed by atoms with Crippen LogP contribution in [-0.4, -0.2) is 47.9 Å². The van der Waals surface area contributed by atoms with Gasteiger partial charge in [0.25, 0.3) is 0 Å². The highest BCUT2D eigenvalue weighted by atomic mass is 16.5. The molecule has 0 atom stereocenters. The SMILES string of the molecule is COc1cccc(CN(Cc2cccc(-n3ccnc3)c2)c2cccc(CN3CCOCC3)c2)c1. The molecule has 35 heavy (non-hydrogen) atoms. The fourth-order valence-electron chi connectivity index (χ4n) is 4.55. The molecule has 0 unspecified atom stereocenters. The Bertz CT molecular complexity index is 1220. The van der Waals surface area contributed by atoms with Crippen molar-refractivity contribution in [2.45, 2.75) is 19.6 Å². The number of morpholine rings is 1. The molecule has 1 aliphatic heterocycles. The average molecular weight is 469 g/mol. The monoisotopic (exact) mass is 468 g/mol. The van der Waals surface area contributed by atoms with Crippen molar-refractivity contribution in [2.24, 2.45) is 0 Å². The van der Waals surface area contributed by atoms with Crippen molar-refractivity contribution in [1.29, 1.82) is 0 Å². The molecule has 180 valence electrons. The Labute approximate surface area is 207 Å². The Morgan fingerprint density at radius 3 is 2.40 bits per heavy atom. The molecule has 6 heteroatoms. The molecule has 1 aliphatic rings. The maximum Gasteiger partial charge on any atom is 0.119 e. The van der Waals surface area contributed by atoms with Gasteiger partial charge in [0.05, 0.1) is 26.7 Å². The number of hydrogen-bond donors (Lipinski definition) is 0. The van der Waals surface area contributed by atoms with E-state index in [-0.39, 0.29) is 0 Å². The van der Waals surface area contributed by atoms with Gasteiger partial charge >= 0.3 is 0 Å². The summed E-state index contributed by atoms with van der Waals surface area (Å²) in [4.78, 5) is 9.09. The van der Waals surface area contributed by atoms with Crippen molar-refractivity contribution in [3.63, 3.8) is 0 Å². The maximum atomic E-state index is 5.52. The first-order chi connectivity index (χ1) is 17.3. The van der Waals surface area contributed by atoms with E-state index in [1.807, 2.05) is 29.4 Å². The van der Waals surface area contributed by atoms with Gasteiger partial charge < -0.3 is 18.9 Å². The standard InChI is InChI=1S/C29H32N4O2/c1-34-29-10-4-7-26(19-29)22-33(21-25-6-3-8-27(18-25)32-12-11-30-23-32)28-9-2-5-24(17-28)20-31-13-15-35-16-14-31/h2-12,17-19,23H,13-16,20-22H2,1H3. The molecule has 0 aliphatic carbocycles. The molecule has 0 radical (unpaired) electrons. The largest absolute Gasteiger partial charge is 0.497 e. The van der Waals surface area contributed by atoms with Gasteiger partial charge in [-0.05, 0) is 53.1 Å². The first-order valence-electron chi connectivity index (χ1n) is 12.1. The Hall–Kier alpha value is -3.61. The van der Waals surface area contributed by atoms with Gasteiger partial charge in [-0.3, -0.25) is 4.90 Å². The first-order valence-corrected chi connectivity index (χ1v) is 12.1. The van der Waals surface area contributed by atoms with Gasteiger partial charge in [0, 0.05) is 56.5 Å². The van der Waals surface area contributed by atoms with Gasteiger partial charge in [0.15, 0.2) is 0 Å². The lowest BCUT2D eigenvalue weighted by Gasteiger charge is -2.28. The highest BCUT2D eigenvalue weighted by molar-refractivity contribution is 5.51. The number of anilines is 1. The normalized spacial score (nSPS) is 14.1. The van der Waals surface area contributed by atoms with Gasteiger partial charge in [0.1, 0.15) is 5.75 Å². The van der Waals surface area contributed by atoms with Crippen molar-refractivity contribution < 1.29 is 9.47 Å². The first kappa shape index (κ1) is 23.1. The maximum absolute atomic E-state index is 5.52. The Morgan fingerprint density at radius 1 is 0.886 bits per heavy atom. The lowest BCUT2D eigenvalue weighted by Crippen LogP contribution is -2.35. The van der Waals surface area contributed by atoms with E-state index in [4.69, 9.17) is 9.47 Å². The van der Waals surface area contributed by atoms with Crippen LogP contribution in [-0.2, 0) is 24.4 Å². The fourth-order valence-corrected chi connectivity index (χ4v) is 4.55. The zero-order valence-electron chi connectivity index (χ0n) is 20.2. The molecule has 0 spiro atoms. The second-order valence-corrected chi connectivity index (χ2v) is 8.91. The summed E-state index contributed by atoms with van der Waals surface area (Å²) in [7, 11) is 1.72. The van der Waals surface area contributed by atoms with E-state index in [0.717, 1.165) is 57.4 Å². The predicted octanol–water partition coefficient (Wildman–Crippen LogP) is 4.92. The van der Waals surface area contributed by atoms with E-state index in [1.165, 1.54) is 22.4 Å². The molecule has 0 saturated carbocycles. The molecule has 5 rings (SSSR count). The summed E-state index contributed by atoms with van der Waals surface area (Å²) in [6.45, 7) is 6.12. The Kier molecular flexibility index (Phi) is 7.41. The zero-order valence-corrected chi connectivity index (χ0v) is 20.2. The van der Waals surface area contributed by atoms with Crippen LogP contribution in [0.1, 0.15) is 16.7 Å². The highest BCUT2D eigenvalue weighted by Crippen LogP contribution is 2.25. The van der Waals surface area contributed by atoms with E-state index in [1.54, 1.807) is 7.11 Å². The minimum absolute atomic E-state index is 0.785. The van der Waals surface area contributed by atoms with E-state index >= 15 is 0 Å². The molecule has 0 bridgehead atoms. The number of nitrogens with zero attached hydrogens (tertiary/aromatic N) is 4. The molecule has 1 saturated heterocycles. The number of ether oxygens (including phenoxy) is 2. The minimum Gasteiger partial charge on any atom is -0.497 e. The van der Waals surface area contributed by atoms with Crippen LogP contribution in [0.5, 0.6) is 5.75 Å². The number of imidazole rings is 1. The van der Waals surface area contributed by atoms with Gasteiger partial charge in [-0.15, -0.1) is 0 Å². The molecule has 0 N–H and O–H groups in total. The van der Waals surface area contributed by atoms with Gasteiger partial charge in [-0.2, -0.15) is 0 Å². The van der Waals surface area contributed by atoms with Crippen LogP contribution in [0.4, 0.5) is 5.69 Å². The third-order valence-electron chi connectivity index (χ3n) is 6.38. The van der Waals surface area contributed by atoms with Crippen LogP contribution in [0.15, 0.2) is 91.5 Å². The number of hydrogen-bond acceptors (Lipinski definition) is 5. The van der Waals surface area contributed by atoms with Crippen molar-refractivity contribution in [3.05, 3.63) is 108 Å². The van der Waals surface area contributed by atoms with E-state index in [2.05, 4.69) is 81.5 Å². The topological polar surface area (TPSA) is 42.8 Å². The summed E-state index contributed by atoms with van der Waals surface area (Å²) >= 11 is 0. The van der Waals surface area contributed by atoms with Crippen LogP contribution in [0, 0.1) is 0 Å². The summed E-state index contributed by atoms with van der Waals surface area (Å²) in [6, 6.07) is 25.9. The molecule has 2 heterocycles. The summed E-state index contributed by atoms with van der Waals surface area (Å²) < 4.78 is 13.0. The number of methoxy groups -OCH3 is 1. The summed E-state index contributed by atoms with van der Waals surface area (Å²) in [5, 5.41) is 0. The molecule has 3 aromatic carbocycles. The van der Waals surface area contributed by atoms with E-state index < -0.39 is 0 Å². The van der Waals surface area contributed by atoms with Gasteiger partial charge in [-0.25, -0.2) is 4.98 Å². The number of rotatable bonds is 9. The minimum atomic E-state index is 0.785. The van der Waals surface area contributed by atoms with Crippen LogP contribution >= 0.6 is 0 Å². The van der Waals surface area contributed by atoms with Crippen molar-refractivity contribution in [1.82, 2.24) is 14.5 Å². The summed E-state index contributed by atoms with van der Waals surface area (Å²) in [5.41, 5.74) is 6.12. The third kappa shape index (κ3) is 6.10. The van der Waals surface area contributed by atoms with Gasteiger partial charge in [0.2, 0.25) is 0 Å². The molecule has 1 aromatic heterocycles. The molecular weight excluding hydrogens is 436 g/mol. The van der Waals surface area contributed by atoms with Crippen LogP contribution in [0.2, 0.25) is 0 Å². The quantitative estimate of drug-likeness (QED) is 0.349. The molecule has 6 nitrogen and oxygen atoms in total. The van der Waals surface area contributed by atoms with Crippen molar-refractivity contribution in [3.8, 4) is 11.4 Å². The van der Waals surface area contributed by atoms with Gasteiger partial charge in [-0.1, -0.05) is 36.4 Å². The van der Waals surface area contributed by atoms with Crippen LogP contribution in [0.25, 0.3) is 5.69 Å². The summed E-state index contributed by atoms with van der Waals surface area (Å²) in [5.74, 6) is 0.880. The lowest BCUT2D eigenvalue weighted by atomic mass is 10.1. The van der Waals surface area contributed by atoms with E-state index in [9.17, 15) is 0 Å². The van der Waals surface area contributed by atoms with Crippen LogP contribution < -0.4 is 9.64 Å². The average Bonchev–Trinajstić information content (AvgIpc) is 3.45. The zero-order chi connectivity index (χ0) is 23.9. The number of benzene rings is 3. The van der Waals surface area contributed by atoms with E-state index in [0.29, 0.717) is 0 Å². The third-order valence-corrected chi connectivity index (χ3v) is 6.38. The Morgan fingerprint density at radius 2 is 1.63 bits per heavy atom. The summed E-state index contributed by atoms with van der Waals surface area (Å²) in [6.07, 6.45) is 5.62.